The van der Waals surface area contributed by atoms with Gasteiger partial charge in [0.05, 0.1) is 13.0 Å². The second-order valence-corrected chi connectivity index (χ2v) is 5.62. The van der Waals surface area contributed by atoms with E-state index in [1.165, 1.54) is 5.56 Å². The van der Waals surface area contributed by atoms with Crippen molar-refractivity contribution >= 4 is 5.97 Å². The Morgan fingerprint density at radius 1 is 1.35 bits per heavy atom. The van der Waals surface area contributed by atoms with E-state index in [9.17, 15) is 4.79 Å². The Labute approximate surface area is 120 Å². The van der Waals surface area contributed by atoms with Gasteiger partial charge in [-0.2, -0.15) is 0 Å². The lowest BCUT2D eigenvalue weighted by atomic mass is 9.85. The van der Waals surface area contributed by atoms with Crippen LogP contribution in [0.15, 0.2) is 18.2 Å². The number of hydrogen-bond acceptors (Lipinski definition) is 5. The molecule has 0 heterocycles. The Morgan fingerprint density at radius 3 is 2.60 bits per heavy atom. The normalized spacial score (nSPS) is 11.2. The lowest BCUT2D eigenvalue weighted by molar-refractivity contribution is -0.151. The zero-order chi connectivity index (χ0) is 15.2. The molecule has 0 amide bonds. The van der Waals surface area contributed by atoms with E-state index in [-0.39, 0.29) is 18.4 Å². The molecule has 0 aliphatic heterocycles. The average molecular weight is 280 g/mol. The van der Waals surface area contributed by atoms with E-state index in [0.717, 1.165) is 17.7 Å². The fourth-order valence-corrected chi connectivity index (χ4v) is 1.87. The van der Waals surface area contributed by atoms with E-state index in [1.54, 1.807) is 0 Å². The standard InChI is InChI=1S/C15H24N2O3/c1-5-11-6-7-13(12(10-11)15(2,3)4)19-9-8-14(18)20-17-16/h6-7,10,17H,5,8-9,16H2,1-4H3. The molecule has 0 aromatic heterocycles. The molecule has 1 aromatic rings. The smallest absolute Gasteiger partial charge is 0.329 e. The number of carbonyl (C=O) groups excluding carboxylic acids is 1. The molecule has 5 nitrogen and oxygen atoms in total. The Hall–Kier alpha value is -1.59. The van der Waals surface area contributed by atoms with Gasteiger partial charge in [-0.25, -0.2) is 5.84 Å². The van der Waals surface area contributed by atoms with Crippen LogP contribution < -0.4 is 16.2 Å². The fraction of sp³-hybridized carbons (Fsp3) is 0.533. The molecule has 0 atom stereocenters. The van der Waals surface area contributed by atoms with Crippen LogP contribution in [-0.4, -0.2) is 12.6 Å². The van der Waals surface area contributed by atoms with Crippen LogP contribution in [-0.2, 0) is 21.5 Å². The van der Waals surface area contributed by atoms with Crippen LogP contribution in [0.4, 0.5) is 0 Å². The maximum atomic E-state index is 11.2. The van der Waals surface area contributed by atoms with Gasteiger partial charge in [-0.1, -0.05) is 45.4 Å². The van der Waals surface area contributed by atoms with Gasteiger partial charge >= 0.3 is 5.97 Å². The highest BCUT2D eigenvalue weighted by Gasteiger charge is 2.19. The van der Waals surface area contributed by atoms with Crippen LogP contribution in [0.5, 0.6) is 5.75 Å². The van der Waals surface area contributed by atoms with Gasteiger partial charge in [-0.15, -0.1) is 0 Å². The molecule has 20 heavy (non-hydrogen) atoms. The second kappa shape index (κ2) is 7.26. The summed E-state index contributed by atoms with van der Waals surface area (Å²) in [6, 6.07) is 6.17. The summed E-state index contributed by atoms with van der Waals surface area (Å²) in [5.41, 5.74) is 4.26. The maximum Gasteiger partial charge on any atom is 0.329 e. The van der Waals surface area contributed by atoms with Crippen LogP contribution >= 0.6 is 0 Å². The van der Waals surface area contributed by atoms with Gasteiger partial charge in [-0.3, -0.25) is 4.79 Å². The molecule has 0 unspecified atom stereocenters. The molecule has 0 bridgehead atoms. The minimum absolute atomic E-state index is 0.0141. The topological polar surface area (TPSA) is 73.6 Å². The summed E-state index contributed by atoms with van der Waals surface area (Å²) in [6.07, 6.45) is 1.13. The molecule has 3 N–H and O–H groups in total. The molecule has 112 valence electrons. The molecule has 0 aliphatic rings. The molecule has 1 aromatic carbocycles. The van der Waals surface area contributed by atoms with Crippen LogP contribution in [0.1, 0.15) is 45.2 Å². The number of benzene rings is 1. The van der Waals surface area contributed by atoms with Crippen LogP contribution in [0, 0.1) is 0 Å². The second-order valence-electron chi connectivity index (χ2n) is 5.62. The SMILES string of the molecule is CCc1ccc(OCCC(=O)ONN)c(C(C)(C)C)c1. The molecule has 0 saturated carbocycles. The van der Waals surface area contributed by atoms with Crippen molar-refractivity contribution in [2.75, 3.05) is 6.61 Å². The van der Waals surface area contributed by atoms with Crippen LogP contribution in [0.3, 0.4) is 0 Å². The first-order valence-corrected chi connectivity index (χ1v) is 6.80. The van der Waals surface area contributed by atoms with Crippen molar-refractivity contribution in [1.29, 1.82) is 0 Å². The van der Waals surface area contributed by atoms with Gasteiger partial charge in [0.1, 0.15) is 5.75 Å². The van der Waals surface area contributed by atoms with E-state index in [0.29, 0.717) is 0 Å². The van der Waals surface area contributed by atoms with Gasteiger partial charge in [0, 0.05) is 0 Å². The number of ether oxygens (including phenoxy) is 1. The molecule has 1 rings (SSSR count). The molecular formula is C15H24N2O3. The summed E-state index contributed by atoms with van der Waals surface area (Å²) in [6.45, 7) is 8.80. The zero-order valence-electron chi connectivity index (χ0n) is 12.7. The fourth-order valence-electron chi connectivity index (χ4n) is 1.87. The van der Waals surface area contributed by atoms with Crippen molar-refractivity contribution in [3.8, 4) is 5.75 Å². The Balaban J connectivity index is 2.76. The van der Waals surface area contributed by atoms with Gasteiger partial charge < -0.3 is 9.57 Å². The third kappa shape index (κ3) is 4.83. The van der Waals surface area contributed by atoms with E-state index in [2.05, 4.69) is 38.6 Å². The van der Waals surface area contributed by atoms with Crippen molar-refractivity contribution in [2.24, 2.45) is 5.84 Å². The third-order valence-electron chi connectivity index (χ3n) is 3.00. The van der Waals surface area contributed by atoms with Gasteiger partial charge in [-0.05, 0) is 29.0 Å². The van der Waals surface area contributed by atoms with Crippen molar-refractivity contribution in [2.45, 2.75) is 46.0 Å². The predicted molar refractivity (Wildman–Crippen MR) is 78.0 cm³/mol. The minimum Gasteiger partial charge on any atom is -0.493 e. The lowest BCUT2D eigenvalue weighted by Gasteiger charge is -2.23. The van der Waals surface area contributed by atoms with E-state index in [1.807, 2.05) is 17.7 Å². The summed E-state index contributed by atoms with van der Waals surface area (Å²) in [7, 11) is 0. The molecule has 0 saturated heterocycles. The summed E-state index contributed by atoms with van der Waals surface area (Å²) in [5.74, 6) is 5.25. The average Bonchev–Trinajstić information content (AvgIpc) is 2.38. The number of aryl methyl sites for hydroxylation is 1. The molecule has 0 spiro atoms. The third-order valence-corrected chi connectivity index (χ3v) is 3.00. The maximum absolute atomic E-state index is 11.2. The zero-order valence-corrected chi connectivity index (χ0v) is 12.7. The van der Waals surface area contributed by atoms with E-state index in [4.69, 9.17) is 10.6 Å². The number of rotatable bonds is 6. The number of nitrogens with two attached hydrogens (primary N) is 1. The number of nitrogens with one attached hydrogen (secondary N) is 1. The van der Waals surface area contributed by atoms with Gasteiger partial charge in [0.25, 0.3) is 0 Å². The van der Waals surface area contributed by atoms with Gasteiger partial charge in [0.2, 0.25) is 0 Å². The molecule has 0 fully saturated rings. The first kappa shape index (κ1) is 16.5. The number of carbonyl (C=O) groups is 1. The number of hydrazine groups is 1. The Bertz CT molecular complexity index is 453. The van der Waals surface area contributed by atoms with Crippen molar-refractivity contribution < 1.29 is 14.4 Å². The Kier molecular flexibility index (Phi) is 5.98. The first-order valence-electron chi connectivity index (χ1n) is 6.80. The highest BCUT2D eigenvalue weighted by atomic mass is 16.7. The molecule has 5 heteroatoms. The monoisotopic (exact) mass is 280 g/mol. The van der Waals surface area contributed by atoms with Crippen LogP contribution in [0.25, 0.3) is 0 Å². The first-order chi connectivity index (χ1) is 9.38. The predicted octanol–water partition coefficient (Wildman–Crippen LogP) is 2.24. The highest BCUT2D eigenvalue weighted by Crippen LogP contribution is 2.32. The molecular weight excluding hydrogens is 256 g/mol. The van der Waals surface area contributed by atoms with Gasteiger partial charge in [0.15, 0.2) is 0 Å². The summed E-state index contributed by atoms with van der Waals surface area (Å²) in [5, 5.41) is 0. The van der Waals surface area contributed by atoms with E-state index >= 15 is 0 Å². The lowest BCUT2D eigenvalue weighted by Crippen LogP contribution is -2.27. The molecule has 0 radical (unpaired) electrons. The van der Waals surface area contributed by atoms with E-state index < -0.39 is 5.97 Å². The number of hydrogen-bond donors (Lipinski definition) is 2. The van der Waals surface area contributed by atoms with Crippen molar-refractivity contribution in [3.05, 3.63) is 29.3 Å². The van der Waals surface area contributed by atoms with Crippen LogP contribution in [0.2, 0.25) is 0 Å². The summed E-state index contributed by atoms with van der Waals surface area (Å²) >= 11 is 0. The Morgan fingerprint density at radius 2 is 2.05 bits per heavy atom. The largest absolute Gasteiger partial charge is 0.493 e. The molecule has 0 aliphatic carbocycles. The quantitative estimate of drug-likeness (QED) is 0.617. The highest BCUT2D eigenvalue weighted by molar-refractivity contribution is 5.69. The summed E-state index contributed by atoms with van der Waals surface area (Å²) in [4.78, 5) is 15.6. The van der Waals surface area contributed by atoms with Crippen molar-refractivity contribution in [3.63, 3.8) is 0 Å². The minimum atomic E-state index is -0.449. The van der Waals surface area contributed by atoms with Crippen molar-refractivity contribution in [1.82, 2.24) is 5.59 Å². The summed E-state index contributed by atoms with van der Waals surface area (Å²) < 4.78 is 5.71.